The van der Waals surface area contributed by atoms with Crippen molar-refractivity contribution in [1.82, 2.24) is 0 Å². The summed E-state index contributed by atoms with van der Waals surface area (Å²) in [7, 11) is 0. The minimum Gasteiger partial charge on any atom is -0.489 e. The number of nitrogens with two attached hydrogens (primary N) is 1. The molecule has 1 saturated carbocycles. The lowest BCUT2D eigenvalue weighted by atomic mass is 9.99. The van der Waals surface area contributed by atoms with Crippen LogP contribution in [0.4, 0.5) is 11.4 Å². The fourth-order valence-electron chi connectivity index (χ4n) is 2.82. The normalized spacial score (nSPS) is 17.7. The van der Waals surface area contributed by atoms with Crippen LogP contribution in [-0.4, -0.2) is 12.1 Å². The molecule has 0 spiro atoms. The highest BCUT2D eigenvalue weighted by Gasteiger charge is 2.21. The summed E-state index contributed by atoms with van der Waals surface area (Å²) in [6, 6.07) is 6.48. The van der Waals surface area contributed by atoms with Gasteiger partial charge in [-0.25, -0.2) is 0 Å². The average molecular weight is 262 g/mol. The number of ether oxygens (including phenoxy) is 1. The fraction of sp³-hybridized carbons (Fsp3) is 0.625. The van der Waals surface area contributed by atoms with E-state index in [1.54, 1.807) is 0 Å². The van der Waals surface area contributed by atoms with E-state index in [9.17, 15) is 0 Å². The molecule has 0 aromatic heterocycles. The number of nitrogen functional groups attached to an aromatic ring is 1. The van der Waals surface area contributed by atoms with E-state index >= 15 is 0 Å². The predicted octanol–water partition coefficient (Wildman–Crippen LogP) is 4.05. The van der Waals surface area contributed by atoms with Crippen LogP contribution in [0.3, 0.4) is 0 Å². The third kappa shape index (κ3) is 3.79. The van der Waals surface area contributed by atoms with Crippen LogP contribution in [0.1, 0.15) is 46.5 Å². The van der Waals surface area contributed by atoms with Gasteiger partial charge >= 0.3 is 0 Å². The molecular formula is C16H26N2O. The predicted molar refractivity (Wildman–Crippen MR) is 81.7 cm³/mol. The molecular weight excluding hydrogens is 236 g/mol. The second-order valence-corrected chi connectivity index (χ2v) is 5.90. The molecule has 3 N–H and O–H groups in total. The molecule has 1 aromatic rings. The third-order valence-corrected chi connectivity index (χ3v) is 3.88. The average Bonchev–Trinajstić information content (AvgIpc) is 2.86. The third-order valence-electron chi connectivity index (χ3n) is 3.88. The Bertz CT molecular complexity index is 411. The topological polar surface area (TPSA) is 47.3 Å². The molecule has 2 rings (SSSR count). The molecule has 1 fully saturated rings. The first-order valence-electron chi connectivity index (χ1n) is 7.39. The first kappa shape index (κ1) is 14.0. The lowest BCUT2D eigenvalue weighted by molar-refractivity contribution is 0.244. The van der Waals surface area contributed by atoms with Crippen molar-refractivity contribution in [3.05, 3.63) is 18.2 Å². The molecule has 0 aliphatic heterocycles. The van der Waals surface area contributed by atoms with E-state index in [-0.39, 0.29) is 6.10 Å². The molecule has 1 unspecified atom stereocenters. The molecule has 3 nitrogen and oxygen atoms in total. The van der Waals surface area contributed by atoms with Crippen molar-refractivity contribution in [3.63, 3.8) is 0 Å². The molecule has 1 aromatic carbocycles. The van der Waals surface area contributed by atoms with Crippen molar-refractivity contribution >= 4 is 11.4 Å². The number of rotatable bonds is 5. The van der Waals surface area contributed by atoms with Crippen LogP contribution in [-0.2, 0) is 0 Å². The van der Waals surface area contributed by atoms with Gasteiger partial charge in [-0.2, -0.15) is 0 Å². The number of benzene rings is 1. The second-order valence-electron chi connectivity index (χ2n) is 5.90. The molecule has 1 aliphatic carbocycles. The van der Waals surface area contributed by atoms with E-state index in [2.05, 4.69) is 12.2 Å². The maximum atomic E-state index is 5.94. The minimum atomic E-state index is 0.143. The molecule has 1 atom stereocenters. The van der Waals surface area contributed by atoms with Crippen LogP contribution in [0, 0.1) is 5.92 Å². The number of anilines is 2. The van der Waals surface area contributed by atoms with Gasteiger partial charge in [0.2, 0.25) is 0 Å². The lowest BCUT2D eigenvalue weighted by Crippen LogP contribution is -2.23. The summed E-state index contributed by atoms with van der Waals surface area (Å²) in [5, 5.41) is 3.59. The number of hydrogen-bond donors (Lipinski definition) is 2. The van der Waals surface area contributed by atoms with Gasteiger partial charge in [0.15, 0.2) is 0 Å². The monoisotopic (exact) mass is 262 g/mol. The van der Waals surface area contributed by atoms with Crippen molar-refractivity contribution < 1.29 is 4.74 Å². The molecule has 0 amide bonds. The highest BCUT2D eigenvalue weighted by Crippen LogP contribution is 2.31. The molecule has 0 saturated heterocycles. The van der Waals surface area contributed by atoms with Crippen molar-refractivity contribution in [3.8, 4) is 5.75 Å². The fourth-order valence-corrected chi connectivity index (χ4v) is 2.82. The van der Waals surface area contributed by atoms with Crippen LogP contribution in [0.5, 0.6) is 5.75 Å². The number of nitrogens with one attached hydrogen (secondary N) is 1. The summed E-state index contributed by atoms with van der Waals surface area (Å²) >= 11 is 0. The summed E-state index contributed by atoms with van der Waals surface area (Å²) in [4.78, 5) is 0. The highest BCUT2D eigenvalue weighted by atomic mass is 16.5. The van der Waals surface area contributed by atoms with Crippen LogP contribution in [0.15, 0.2) is 18.2 Å². The molecule has 19 heavy (non-hydrogen) atoms. The van der Waals surface area contributed by atoms with Gasteiger partial charge in [-0.1, -0.05) is 12.8 Å². The Labute approximate surface area is 116 Å². The smallest absolute Gasteiger partial charge is 0.144 e. The molecule has 1 aliphatic rings. The van der Waals surface area contributed by atoms with E-state index in [4.69, 9.17) is 10.5 Å². The Morgan fingerprint density at radius 2 is 1.89 bits per heavy atom. The number of hydrogen-bond acceptors (Lipinski definition) is 3. The summed E-state index contributed by atoms with van der Waals surface area (Å²) in [5.74, 6) is 1.57. The van der Waals surface area contributed by atoms with Crippen molar-refractivity contribution in [2.75, 3.05) is 11.1 Å². The van der Waals surface area contributed by atoms with E-state index in [1.165, 1.54) is 25.7 Å². The summed E-state index contributed by atoms with van der Waals surface area (Å²) < 4.78 is 5.73. The van der Waals surface area contributed by atoms with Crippen LogP contribution < -0.4 is 15.8 Å². The lowest BCUT2D eigenvalue weighted by Gasteiger charge is -2.22. The molecule has 106 valence electrons. The molecule has 0 bridgehead atoms. The van der Waals surface area contributed by atoms with Gasteiger partial charge in [0, 0.05) is 17.8 Å². The van der Waals surface area contributed by atoms with Gasteiger partial charge in [0.25, 0.3) is 0 Å². The molecule has 0 heterocycles. The Morgan fingerprint density at radius 3 is 2.53 bits per heavy atom. The van der Waals surface area contributed by atoms with E-state index in [1.807, 2.05) is 32.0 Å². The first-order chi connectivity index (χ1) is 9.06. The Morgan fingerprint density at radius 1 is 1.21 bits per heavy atom. The van der Waals surface area contributed by atoms with Crippen molar-refractivity contribution in [1.29, 1.82) is 0 Å². The van der Waals surface area contributed by atoms with Crippen LogP contribution >= 0.6 is 0 Å². The van der Waals surface area contributed by atoms with Crippen molar-refractivity contribution in [2.45, 2.75) is 58.6 Å². The maximum Gasteiger partial charge on any atom is 0.144 e. The molecule has 0 radical (unpaired) electrons. The molecule has 3 heteroatoms. The quantitative estimate of drug-likeness (QED) is 0.787. The largest absolute Gasteiger partial charge is 0.489 e. The van der Waals surface area contributed by atoms with E-state index < -0.39 is 0 Å². The SMILES string of the molecule is CC(C)Oc1cc(NC(C)C2CCCC2)ccc1N. The Balaban J connectivity index is 2.03. The Hall–Kier alpha value is -1.38. The minimum absolute atomic E-state index is 0.143. The van der Waals surface area contributed by atoms with E-state index in [0.29, 0.717) is 11.7 Å². The van der Waals surface area contributed by atoms with Crippen LogP contribution in [0.25, 0.3) is 0 Å². The zero-order valence-corrected chi connectivity index (χ0v) is 12.3. The summed E-state index contributed by atoms with van der Waals surface area (Å²) in [6.45, 7) is 6.30. The van der Waals surface area contributed by atoms with Gasteiger partial charge in [0.05, 0.1) is 11.8 Å². The zero-order valence-electron chi connectivity index (χ0n) is 12.3. The second kappa shape index (κ2) is 6.18. The van der Waals surface area contributed by atoms with Gasteiger partial charge in [-0.15, -0.1) is 0 Å². The van der Waals surface area contributed by atoms with Gasteiger partial charge in [-0.05, 0) is 51.7 Å². The van der Waals surface area contributed by atoms with Gasteiger partial charge in [0.1, 0.15) is 5.75 Å². The van der Waals surface area contributed by atoms with Gasteiger partial charge < -0.3 is 15.8 Å². The van der Waals surface area contributed by atoms with Crippen molar-refractivity contribution in [2.24, 2.45) is 5.92 Å². The summed E-state index contributed by atoms with van der Waals surface area (Å²) in [5.41, 5.74) is 7.74. The standard InChI is InChI=1S/C16H26N2O/c1-11(2)19-16-10-14(8-9-15(16)17)18-12(3)13-6-4-5-7-13/h8-13,18H,4-7,17H2,1-3H3. The first-order valence-corrected chi connectivity index (χ1v) is 7.39. The zero-order chi connectivity index (χ0) is 13.8. The van der Waals surface area contributed by atoms with Gasteiger partial charge in [-0.3, -0.25) is 0 Å². The maximum absolute atomic E-state index is 5.94. The van der Waals surface area contributed by atoms with E-state index in [0.717, 1.165) is 17.4 Å². The summed E-state index contributed by atoms with van der Waals surface area (Å²) in [6.07, 6.45) is 5.59. The van der Waals surface area contributed by atoms with Crippen LogP contribution in [0.2, 0.25) is 0 Å². The Kier molecular flexibility index (Phi) is 4.56. The highest BCUT2D eigenvalue weighted by molar-refractivity contribution is 5.61.